The van der Waals surface area contributed by atoms with Gasteiger partial charge in [-0.05, 0) is 56.7 Å². The van der Waals surface area contributed by atoms with Gasteiger partial charge in [-0.3, -0.25) is 9.59 Å². The Labute approximate surface area is 220 Å². The summed E-state index contributed by atoms with van der Waals surface area (Å²) >= 11 is 9.95. The van der Waals surface area contributed by atoms with E-state index in [1.165, 1.54) is 5.56 Å². The number of hydrogen-bond acceptors (Lipinski definition) is 3. The molecule has 3 aromatic rings. The van der Waals surface area contributed by atoms with Crippen molar-refractivity contribution in [1.82, 2.24) is 10.2 Å². The molecule has 7 heteroatoms. The molecule has 0 saturated heterocycles. The number of rotatable bonds is 10. The van der Waals surface area contributed by atoms with Crippen molar-refractivity contribution in [3.8, 4) is 5.75 Å². The standard InChI is InChI=1S/C28H30BrClN2O3/c1-19(2)21-13-14-26(23(29)16-21)35-18-27(33)32(17-22-11-7-8-12-24(22)30)25(28(34)31-3)15-20-9-5-4-6-10-20/h4-14,16,19,25H,15,17-18H2,1-3H3,(H,31,34)/t25-/m0/s1. The van der Waals surface area contributed by atoms with E-state index in [1.807, 2.05) is 66.7 Å². The number of amides is 2. The maximum absolute atomic E-state index is 13.5. The summed E-state index contributed by atoms with van der Waals surface area (Å²) in [4.78, 5) is 28.1. The second-order valence-electron chi connectivity index (χ2n) is 8.57. The third kappa shape index (κ3) is 7.33. The lowest BCUT2D eigenvalue weighted by Crippen LogP contribution is -2.51. The number of hydrogen-bond donors (Lipinski definition) is 1. The van der Waals surface area contributed by atoms with Crippen LogP contribution in [0.15, 0.2) is 77.3 Å². The number of ether oxygens (including phenoxy) is 1. The first kappa shape index (κ1) is 26.8. The first-order chi connectivity index (χ1) is 16.8. The Morgan fingerprint density at radius 1 is 1.03 bits per heavy atom. The summed E-state index contributed by atoms with van der Waals surface area (Å²) < 4.78 is 6.67. The van der Waals surface area contributed by atoms with Gasteiger partial charge in [0.1, 0.15) is 11.8 Å². The van der Waals surface area contributed by atoms with E-state index in [0.717, 1.165) is 15.6 Å². The van der Waals surface area contributed by atoms with Crippen molar-refractivity contribution in [3.05, 3.63) is 99.0 Å². The van der Waals surface area contributed by atoms with Crippen LogP contribution < -0.4 is 10.1 Å². The monoisotopic (exact) mass is 556 g/mol. The fraction of sp³-hybridized carbons (Fsp3) is 0.286. The molecule has 1 N–H and O–H groups in total. The molecule has 184 valence electrons. The van der Waals surface area contributed by atoms with Crippen LogP contribution >= 0.6 is 27.5 Å². The number of nitrogens with zero attached hydrogens (tertiary/aromatic N) is 1. The van der Waals surface area contributed by atoms with Crippen LogP contribution in [-0.2, 0) is 22.6 Å². The Morgan fingerprint density at radius 2 is 1.71 bits per heavy atom. The first-order valence-corrected chi connectivity index (χ1v) is 12.7. The van der Waals surface area contributed by atoms with E-state index >= 15 is 0 Å². The Hall–Kier alpha value is -2.83. The van der Waals surface area contributed by atoms with Crippen LogP contribution in [0.25, 0.3) is 0 Å². The maximum atomic E-state index is 13.5. The van der Waals surface area contributed by atoms with Gasteiger partial charge in [0.05, 0.1) is 4.47 Å². The number of benzene rings is 3. The molecule has 0 saturated carbocycles. The fourth-order valence-electron chi connectivity index (χ4n) is 3.75. The maximum Gasteiger partial charge on any atom is 0.261 e. The summed E-state index contributed by atoms with van der Waals surface area (Å²) in [6.07, 6.45) is 0.365. The summed E-state index contributed by atoms with van der Waals surface area (Å²) in [5.41, 5.74) is 2.87. The molecule has 0 aliphatic carbocycles. The molecule has 0 fully saturated rings. The van der Waals surface area contributed by atoms with E-state index < -0.39 is 6.04 Å². The highest BCUT2D eigenvalue weighted by Crippen LogP contribution is 2.29. The van der Waals surface area contributed by atoms with Crippen molar-refractivity contribution in [3.63, 3.8) is 0 Å². The third-order valence-electron chi connectivity index (χ3n) is 5.79. The van der Waals surface area contributed by atoms with Crippen LogP contribution in [0.5, 0.6) is 5.75 Å². The Bertz CT molecular complexity index is 1150. The van der Waals surface area contributed by atoms with Gasteiger partial charge in [-0.2, -0.15) is 0 Å². The Morgan fingerprint density at radius 3 is 2.34 bits per heavy atom. The van der Waals surface area contributed by atoms with Crippen LogP contribution in [0.3, 0.4) is 0 Å². The SMILES string of the molecule is CNC(=O)[C@H](Cc1ccccc1)N(Cc1ccccc1Cl)C(=O)COc1ccc(C(C)C)cc1Br. The number of halogens is 2. The molecule has 0 spiro atoms. The number of carbonyl (C=O) groups excluding carboxylic acids is 2. The Balaban J connectivity index is 1.88. The molecule has 0 aromatic heterocycles. The molecule has 3 rings (SSSR count). The molecule has 0 heterocycles. The van der Waals surface area contributed by atoms with Crippen LogP contribution in [0.1, 0.15) is 36.5 Å². The topological polar surface area (TPSA) is 58.6 Å². The van der Waals surface area contributed by atoms with E-state index in [-0.39, 0.29) is 25.0 Å². The van der Waals surface area contributed by atoms with Gasteiger partial charge >= 0.3 is 0 Å². The van der Waals surface area contributed by atoms with E-state index in [1.54, 1.807) is 18.0 Å². The lowest BCUT2D eigenvalue weighted by molar-refractivity contribution is -0.142. The van der Waals surface area contributed by atoms with E-state index in [4.69, 9.17) is 16.3 Å². The van der Waals surface area contributed by atoms with Crippen LogP contribution in [-0.4, -0.2) is 36.4 Å². The first-order valence-electron chi connectivity index (χ1n) is 11.5. The fourth-order valence-corrected chi connectivity index (χ4v) is 4.45. The average molecular weight is 558 g/mol. The lowest BCUT2D eigenvalue weighted by Gasteiger charge is -2.31. The molecule has 0 aliphatic rings. The third-order valence-corrected chi connectivity index (χ3v) is 6.78. The molecule has 35 heavy (non-hydrogen) atoms. The van der Waals surface area contributed by atoms with E-state index in [2.05, 4.69) is 35.1 Å². The molecule has 0 unspecified atom stereocenters. The van der Waals surface area contributed by atoms with Crippen molar-refractivity contribution in [2.24, 2.45) is 0 Å². The molecule has 0 bridgehead atoms. The van der Waals surface area contributed by atoms with Crippen LogP contribution in [0.4, 0.5) is 0 Å². The minimum absolute atomic E-state index is 0.181. The van der Waals surface area contributed by atoms with Crippen LogP contribution in [0, 0.1) is 0 Å². The van der Waals surface area contributed by atoms with Crippen LogP contribution in [0.2, 0.25) is 5.02 Å². The smallest absolute Gasteiger partial charge is 0.261 e. The zero-order valence-corrected chi connectivity index (χ0v) is 22.5. The van der Waals surface area contributed by atoms with E-state index in [9.17, 15) is 9.59 Å². The normalized spacial score (nSPS) is 11.7. The second kappa shape index (κ2) is 12.8. The summed E-state index contributed by atoms with van der Waals surface area (Å²) in [6, 6.07) is 22.1. The molecule has 1 atom stereocenters. The summed E-state index contributed by atoms with van der Waals surface area (Å²) in [6.45, 7) is 4.20. The van der Waals surface area contributed by atoms with Crippen molar-refractivity contribution in [1.29, 1.82) is 0 Å². The Kier molecular flexibility index (Phi) is 9.75. The van der Waals surface area contributed by atoms with Gasteiger partial charge in [-0.1, -0.05) is 80.0 Å². The summed E-state index contributed by atoms with van der Waals surface area (Å²) in [7, 11) is 1.57. The predicted octanol–water partition coefficient (Wildman–Crippen LogP) is 5.99. The van der Waals surface area contributed by atoms with Gasteiger partial charge in [-0.25, -0.2) is 0 Å². The largest absolute Gasteiger partial charge is 0.483 e. The molecular formula is C28H30BrClN2O3. The van der Waals surface area contributed by atoms with Crippen molar-refractivity contribution in [2.75, 3.05) is 13.7 Å². The highest BCUT2D eigenvalue weighted by atomic mass is 79.9. The summed E-state index contributed by atoms with van der Waals surface area (Å²) in [5.74, 6) is 0.380. The molecule has 0 radical (unpaired) electrons. The molecule has 3 aromatic carbocycles. The highest BCUT2D eigenvalue weighted by Gasteiger charge is 2.30. The zero-order chi connectivity index (χ0) is 25.4. The van der Waals surface area contributed by atoms with Gasteiger partial charge in [0.25, 0.3) is 5.91 Å². The minimum Gasteiger partial charge on any atom is -0.483 e. The van der Waals surface area contributed by atoms with Crippen molar-refractivity contribution < 1.29 is 14.3 Å². The van der Waals surface area contributed by atoms with E-state index in [0.29, 0.717) is 23.1 Å². The number of carbonyl (C=O) groups is 2. The van der Waals surface area contributed by atoms with Gasteiger partial charge in [0, 0.05) is 25.0 Å². The number of likely N-dealkylation sites (N-methyl/N-ethyl adjacent to an activating group) is 1. The molecule has 5 nitrogen and oxygen atoms in total. The lowest BCUT2D eigenvalue weighted by atomic mass is 10.0. The predicted molar refractivity (Wildman–Crippen MR) is 144 cm³/mol. The highest BCUT2D eigenvalue weighted by molar-refractivity contribution is 9.10. The summed E-state index contributed by atoms with van der Waals surface area (Å²) in [5, 5.41) is 3.24. The quantitative estimate of drug-likeness (QED) is 0.333. The number of nitrogens with one attached hydrogen (secondary N) is 1. The second-order valence-corrected chi connectivity index (χ2v) is 9.83. The molecule has 0 aliphatic heterocycles. The minimum atomic E-state index is -0.735. The van der Waals surface area contributed by atoms with Gasteiger partial charge in [0.15, 0.2) is 6.61 Å². The van der Waals surface area contributed by atoms with Crippen molar-refractivity contribution >= 4 is 39.3 Å². The average Bonchev–Trinajstić information content (AvgIpc) is 2.86. The molecule has 2 amide bonds. The van der Waals surface area contributed by atoms with Gasteiger partial charge in [0.2, 0.25) is 5.91 Å². The van der Waals surface area contributed by atoms with Gasteiger partial charge in [-0.15, -0.1) is 0 Å². The van der Waals surface area contributed by atoms with Gasteiger partial charge < -0.3 is 15.0 Å². The van der Waals surface area contributed by atoms with Crippen molar-refractivity contribution in [2.45, 2.75) is 38.8 Å². The zero-order valence-electron chi connectivity index (χ0n) is 20.1. The molecular weight excluding hydrogens is 528 g/mol.